The van der Waals surface area contributed by atoms with Crippen molar-refractivity contribution in [1.29, 1.82) is 0 Å². The maximum atomic E-state index is 4.25. The van der Waals surface area contributed by atoms with E-state index in [2.05, 4.69) is 43.2 Å². The van der Waals surface area contributed by atoms with Gasteiger partial charge in [-0.25, -0.2) is 4.98 Å². The van der Waals surface area contributed by atoms with Gasteiger partial charge in [-0.15, -0.1) is 11.3 Å². The van der Waals surface area contributed by atoms with Crippen LogP contribution in [0.2, 0.25) is 0 Å². The van der Waals surface area contributed by atoms with Crippen molar-refractivity contribution in [3.8, 4) is 0 Å². The molecule has 1 aromatic rings. The summed E-state index contributed by atoms with van der Waals surface area (Å²) >= 11 is 1.73. The predicted octanol–water partition coefficient (Wildman–Crippen LogP) is 3.07. The Labute approximate surface area is 90.1 Å². The summed E-state index contributed by atoms with van der Waals surface area (Å²) in [6, 6.07) is 0.424. The van der Waals surface area contributed by atoms with Crippen molar-refractivity contribution in [2.75, 3.05) is 6.54 Å². The number of aromatic nitrogens is 1. The lowest BCUT2D eigenvalue weighted by Crippen LogP contribution is -2.19. The SMILES string of the molecule is C/C=C/CCNC(C)c1scnc1C. The van der Waals surface area contributed by atoms with Crippen molar-refractivity contribution >= 4 is 11.3 Å². The van der Waals surface area contributed by atoms with Crippen LogP contribution >= 0.6 is 11.3 Å². The van der Waals surface area contributed by atoms with Crippen LogP contribution in [0, 0.1) is 6.92 Å². The fourth-order valence-corrected chi connectivity index (χ4v) is 2.20. The minimum atomic E-state index is 0.424. The Morgan fingerprint density at radius 2 is 2.43 bits per heavy atom. The molecule has 1 N–H and O–H groups in total. The maximum absolute atomic E-state index is 4.25. The zero-order valence-corrected chi connectivity index (χ0v) is 9.90. The molecule has 1 heterocycles. The molecular formula is C11H18N2S. The number of nitrogens with one attached hydrogen (secondary N) is 1. The first-order valence-electron chi connectivity index (χ1n) is 5.00. The molecular weight excluding hydrogens is 192 g/mol. The van der Waals surface area contributed by atoms with E-state index < -0.39 is 0 Å². The lowest BCUT2D eigenvalue weighted by atomic mass is 10.2. The third-order valence-electron chi connectivity index (χ3n) is 2.17. The van der Waals surface area contributed by atoms with Crippen molar-refractivity contribution in [1.82, 2.24) is 10.3 Å². The summed E-state index contributed by atoms with van der Waals surface area (Å²) in [6.45, 7) is 7.34. The van der Waals surface area contributed by atoms with Crippen molar-refractivity contribution < 1.29 is 0 Å². The molecule has 0 radical (unpaired) electrons. The highest BCUT2D eigenvalue weighted by atomic mass is 32.1. The normalized spacial score (nSPS) is 13.6. The molecule has 0 fully saturated rings. The Kier molecular flexibility index (Phi) is 4.84. The molecule has 0 spiro atoms. The van der Waals surface area contributed by atoms with E-state index >= 15 is 0 Å². The molecule has 0 saturated carbocycles. The van der Waals surface area contributed by atoms with E-state index in [1.807, 2.05) is 5.51 Å². The molecule has 1 unspecified atom stereocenters. The number of hydrogen-bond acceptors (Lipinski definition) is 3. The quantitative estimate of drug-likeness (QED) is 0.597. The highest BCUT2D eigenvalue weighted by Gasteiger charge is 2.08. The topological polar surface area (TPSA) is 24.9 Å². The summed E-state index contributed by atoms with van der Waals surface area (Å²) in [6.07, 6.45) is 5.36. The second-order valence-corrected chi connectivity index (χ2v) is 4.22. The minimum Gasteiger partial charge on any atom is -0.309 e. The molecule has 1 aromatic heterocycles. The third-order valence-corrected chi connectivity index (χ3v) is 3.29. The standard InChI is InChI=1S/C11H18N2S/c1-4-5-6-7-12-9(2)11-10(3)13-8-14-11/h4-5,8-9,12H,6-7H2,1-3H3/b5-4+. The minimum absolute atomic E-state index is 0.424. The van der Waals surface area contributed by atoms with Crippen LogP contribution in [-0.4, -0.2) is 11.5 Å². The lowest BCUT2D eigenvalue weighted by Gasteiger charge is -2.11. The van der Waals surface area contributed by atoms with Gasteiger partial charge in [0.05, 0.1) is 11.2 Å². The summed E-state index contributed by atoms with van der Waals surface area (Å²) in [7, 11) is 0. The van der Waals surface area contributed by atoms with Gasteiger partial charge in [-0.3, -0.25) is 0 Å². The largest absolute Gasteiger partial charge is 0.309 e. The molecule has 3 heteroatoms. The number of thiazole rings is 1. The zero-order chi connectivity index (χ0) is 10.4. The average molecular weight is 210 g/mol. The monoisotopic (exact) mass is 210 g/mol. The Morgan fingerprint density at radius 1 is 1.64 bits per heavy atom. The molecule has 0 saturated heterocycles. The fraction of sp³-hybridized carbons (Fsp3) is 0.545. The first-order valence-corrected chi connectivity index (χ1v) is 5.88. The van der Waals surface area contributed by atoms with E-state index in [9.17, 15) is 0 Å². The zero-order valence-electron chi connectivity index (χ0n) is 9.08. The second kappa shape index (κ2) is 5.94. The fourth-order valence-electron chi connectivity index (χ4n) is 1.37. The van der Waals surface area contributed by atoms with Gasteiger partial charge in [0.2, 0.25) is 0 Å². The molecule has 0 aliphatic rings. The highest BCUT2D eigenvalue weighted by Crippen LogP contribution is 2.20. The molecule has 2 nitrogen and oxygen atoms in total. The van der Waals surface area contributed by atoms with Crippen LogP contribution in [0.25, 0.3) is 0 Å². The molecule has 1 rings (SSSR count). The van der Waals surface area contributed by atoms with Crippen LogP contribution in [-0.2, 0) is 0 Å². The van der Waals surface area contributed by atoms with Gasteiger partial charge >= 0.3 is 0 Å². The summed E-state index contributed by atoms with van der Waals surface area (Å²) in [4.78, 5) is 5.60. The molecule has 0 bridgehead atoms. The maximum Gasteiger partial charge on any atom is 0.0798 e. The van der Waals surface area contributed by atoms with Gasteiger partial charge in [0.25, 0.3) is 0 Å². The first kappa shape index (κ1) is 11.4. The van der Waals surface area contributed by atoms with Crippen molar-refractivity contribution in [3.05, 3.63) is 28.2 Å². The number of allylic oxidation sites excluding steroid dienone is 1. The second-order valence-electron chi connectivity index (χ2n) is 3.34. The summed E-state index contributed by atoms with van der Waals surface area (Å²) in [5, 5.41) is 3.48. The Hall–Kier alpha value is -0.670. The Bertz CT molecular complexity index is 291. The number of rotatable bonds is 5. The van der Waals surface area contributed by atoms with Crippen LogP contribution in [0.1, 0.15) is 36.9 Å². The van der Waals surface area contributed by atoms with E-state index in [1.165, 1.54) is 4.88 Å². The average Bonchev–Trinajstić information content (AvgIpc) is 2.59. The van der Waals surface area contributed by atoms with Crippen LogP contribution in [0.15, 0.2) is 17.7 Å². The van der Waals surface area contributed by atoms with E-state index in [0.717, 1.165) is 18.7 Å². The van der Waals surface area contributed by atoms with Crippen LogP contribution in [0.5, 0.6) is 0 Å². The predicted molar refractivity (Wildman–Crippen MR) is 62.7 cm³/mol. The van der Waals surface area contributed by atoms with Gasteiger partial charge in [-0.1, -0.05) is 12.2 Å². The third kappa shape index (κ3) is 3.24. The van der Waals surface area contributed by atoms with Crippen LogP contribution < -0.4 is 5.32 Å². The molecule has 1 atom stereocenters. The molecule has 0 amide bonds. The Balaban J connectivity index is 2.35. The van der Waals surface area contributed by atoms with E-state index in [1.54, 1.807) is 11.3 Å². The first-order chi connectivity index (χ1) is 6.75. The Morgan fingerprint density at radius 3 is 3.00 bits per heavy atom. The molecule has 14 heavy (non-hydrogen) atoms. The van der Waals surface area contributed by atoms with E-state index in [-0.39, 0.29) is 0 Å². The van der Waals surface area contributed by atoms with Crippen molar-refractivity contribution in [2.24, 2.45) is 0 Å². The molecule has 0 aliphatic heterocycles. The van der Waals surface area contributed by atoms with E-state index in [0.29, 0.717) is 6.04 Å². The van der Waals surface area contributed by atoms with Gasteiger partial charge in [0.15, 0.2) is 0 Å². The summed E-state index contributed by atoms with van der Waals surface area (Å²) in [5.74, 6) is 0. The van der Waals surface area contributed by atoms with Crippen LogP contribution in [0.3, 0.4) is 0 Å². The van der Waals surface area contributed by atoms with Gasteiger partial charge in [-0.05, 0) is 33.7 Å². The highest BCUT2D eigenvalue weighted by molar-refractivity contribution is 7.09. The summed E-state index contributed by atoms with van der Waals surface area (Å²) < 4.78 is 0. The number of nitrogens with zero attached hydrogens (tertiary/aromatic N) is 1. The van der Waals surface area contributed by atoms with Crippen molar-refractivity contribution in [2.45, 2.75) is 33.2 Å². The van der Waals surface area contributed by atoms with Gasteiger partial charge in [0, 0.05) is 10.9 Å². The van der Waals surface area contributed by atoms with Gasteiger partial charge in [0.1, 0.15) is 0 Å². The number of hydrogen-bond donors (Lipinski definition) is 1. The smallest absolute Gasteiger partial charge is 0.0798 e. The number of aryl methyl sites for hydroxylation is 1. The van der Waals surface area contributed by atoms with Crippen molar-refractivity contribution in [3.63, 3.8) is 0 Å². The molecule has 0 aromatic carbocycles. The van der Waals surface area contributed by atoms with E-state index in [4.69, 9.17) is 0 Å². The van der Waals surface area contributed by atoms with Gasteiger partial charge < -0.3 is 5.32 Å². The van der Waals surface area contributed by atoms with Crippen LogP contribution in [0.4, 0.5) is 0 Å². The summed E-state index contributed by atoms with van der Waals surface area (Å²) in [5.41, 5.74) is 3.07. The van der Waals surface area contributed by atoms with Gasteiger partial charge in [-0.2, -0.15) is 0 Å². The molecule has 0 aliphatic carbocycles. The molecule has 78 valence electrons. The lowest BCUT2D eigenvalue weighted by molar-refractivity contribution is 0.585.